The predicted octanol–water partition coefficient (Wildman–Crippen LogP) is 3.94. The summed E-state index contributed by atoms with van der Waals surface area (Å²) in [5.74, 6) is -0.0143. The molecular weight excluding hydrogens is 430 g/mol. The number of halogens is 4. The molecule has 32 heavy (non-hydrogen) atoms. The summed E-state index contributed by atoms with van der Waals surface area (Å²) in [4.78, 5) is 20.5. The van der Waals surface area contributed by atoms with E-state index < -0.39 is 11.7 Å². The third-order valence-corrected chi connectivity index (χ3v) is 5.05. The van der Waals surface area contributed by atoms with E-state index in [1.807, 2.05) is 0 Å². The lowest BCUT2D eigenvalue weighted by Crippen LogP contribution is -2.49. The zero-order valence-electron chi connectivity index (χ0n) is 17.4. The molecule has 1 saturated heterocycles. The first-order chi connectivity index (χ1) is 15.3. The van der Waals surface area contributed by atoms with Crippen molar-refractivity contribution in [3.63, 3.8) is 0 Å². The standard InChI is InChI=1S/C22H23F4N3O3/c1-31-27-15-18-19(22(24,25)26)3-2-4-20(18)28-10-12-29(13-11-28)21(30)9-14-32-17-7-5-16(23)6-8-17/h2-8,15H,9-14H2,1H3/b27-15-. The van der Waals surface area contributed by atoms with Gasteiger partial charge in [-0.15, -0.1) is 0 Å². The number of rotatable bonds is 7. The van der Waals surface area contributed by atoms with Crippen LogP contribution in [-0.4, -0.2) is 56.9 Å². The van der Waals surface area contributed by atoms with Gasteiger partial charge in [0, 0.05) is 37.4 Å². The van der Waals surface area contributed by atoms with Crippen LogP contribution in [0.4, 0.5) is 23.2 Å². The smallest absolute Gasteiger partial charge is 0.417 e. The molecule has 0 aromatic heterocycles. The number of carbonyl (C=O) groups excluding carboxylic acids is 1. The number of ether oxygens (including phenoxy) is 1. The van der Waals surface area contributed by atoms with E-state index in [4.69, 9.17) is 4.74 Å². The third kappa shape index (κ3) is 5.89. The second-order valence-corrected chi connectivity index (χ2v) is 7.07. The first-order valence-electron chi connectivity index (χ1n) is 9.97. The molecule has 0 bridgehead atoms. The Morgan fingerprint density at radius 1 is 1.09 bits per heavy atom. The molecule has 0 unspecified atom stereocenters. The molecule has 0 aliphatic carbocycles. The highest BCUT2D eigenvalue weighted by molar-refractivity contribution is 5.90. The number of hydrogen-bond acceptors (Lipinski definition) is 5. The van der Waals surface area contributed by atoms with Crippen LogP contribution < -0.4 is 9.64 Å². The summed E-state index contributed by atoms with van der Waals surface area (Å²) in [7, 11) is 1.26. The molecule has 1 fully saturated rings. The molecule has 6 nitrogen and oxygen atoms in total. The van der Waals surface area contributed by atoms with Crippen molar-refractivity contribution < 1.29 is 31.9 Å². The van der Waals surface area contributed by atoms with Gasteiger partial charge < -0.3 is 19.4 Å². The van der Waals surface area contributed by atoms with Gasteiger partial charge in [0.2, 0.25) is 5.91 Å². The average Bonchev–Trinajstić information content (AvgIpc) is 2.78. The Bertz CT molecular complexity index is 940. The minimum atomic E-state index is -4.53. The summed E-state index contributed by atoms with van der Waals surface area (Å²) < 4.78 is 58.7. The number of amides is 1. The van der Waals surface area contributed by atoms with Gasteiger partial charge in [0.1, 0.15) is 18.7 Å². The number of hydrogen-bond donors (Lipinski definition) is 0. The van der Waals surface area contributed by atoms with Crippen LogP contribution in [0.1, 0.15) is 17.5 Å². The van der Waals surface area contributed by atoms with Crippen LogP contribution in [0.25, 0.3) is 0 Å². The lowest BCUT2D eigenvalue weighted by atomic mass is 10.0. The molecule has 10 heteroatoms. The second-order valence-electron chi connectivity index (χ2n) is 7.07. The Morgan fingerprint density at radius 3 is 2.41 bits per heavy atom. The number of benzene rings is 2. The summed E-state index contributed by atoms with van der Waals surface area (Å²) in [5.41, 5.74) is -0.492. The molecule has 1 aliphatic rings. The normalized spacial score (nSPS) is 14.7. The summed E-state index contributed by atoms with van der Waals surface area (Å²) in [6, 6.07) is 9.47. The Kier molecular flexibility index (Phi) is 7.55. The fourth-order valence-corrected chi connectivity index (χ4v) is 3.46. The maximum atomic E-state index is 13.4. The third-order valence-electron chi connectivity index (χ3n) is 5.05. The van der Waals surface area contributed by atoms with Crippen LogP contribution in [0.3, 0.4) is 0 Å². The molecule has 0 saturated carbocycles. The topological polar surface area (TPSA) is 54.4 Å². The second kappa shape index (κ2) is 10.3. The zero-order valence-corrected chi connectivity index (χ0v) is 17.4. The Balaban J connectivity index is 1.59. The van der Waals surface area contributed by atoms with Crippen molar-refractivity contribution in [3.05, 3.63) is 59.4 Å². The van der Waals surface area contributed by atoms with E-state index in [0.717, 1.165) is 12.3 Å². The van der Waals surface area contributed by atoms with E-state index in [1.165, 1.54) is 37.4 Å². The van der Waals surface area contributed by atoms with Crippen LogP contribution in [0.5, 0.6) is 5.75 Å². The van der Waals surface area contributed by atoms with Gasteiger partial charge in [-0.3, -0.25) is 4.79 Å². The highest BCUT2D eigenvalue weighted by Gasteiger charge is 2.35. The van der Waals surface area contributed by atoms with Gasteiger partial charge in [-0.1, -0.05) is 11.2 Å². The van der Waals surface area contributed by atoms with Crippen molar-refractivity contribution in [2.45, 2.75) is 12.6 Å². The predicted molar refractivity (Wildman–Crippen MR) is 111 cm³/mol. The number of alkyl halides is 3. The highest BCUT2D eigenvalue weighted by atomic mass is 19.4. The van der Waals surface area contributed by atoms with Gasteiger partial charge >= 0.3 is 6.18 Å². The molecule has 0 N–H and O–H groups in total. The first kappa shape index (κ1) is 23.4. The fourth-order valence-electron chi connectivity index (χ4n) is 3.46. The van der Waals surface area contributed by atoms with Crippen LogP contribution in [0.2, 0.25) is 0 Å². The van der Waals surface area contributed by atoms with E-state index in [1.54, 1.807) is 15.9 Å². The fraction of sp³-hybridized carbons (Fsp3) is 0.364. The summed E-state index contributed by atoms with van der Waals surface area (Å²) >= 11 is 0. The molecule has 0 atom stereocenters. The highest BCUT2D eigenvalue weighted by Crippen LogP contribution is 2.35. The van der Waals surface area contributed by atoms with Crippen molar-refractivity contribution in [1.82, 2.24) is 4.90 Å². The molecule has 1 heterocycles. The molecule has 1 amide bonds. The monoisotopic (exact) mass is 453 g/mol. The van der Waals surface area contributed by atoms with Crippen molar-refractivity contribution in [1.29, 1.82) is 0 Å². The van der Waals surface area contributed by atoms with E-state index in [9.17, 15) is 22.4 Å². The van der Waals surface area contributed by atoms with Gasteiger partial charge in [0.15, 0.2) is 0 Å². The van der Waals surface area contributed by atoms with E-state index in [2.05, 4.69) is 9.99 Å². The lowest BCUT2D eigenvalue weighted by molar-refractivity contribution is -0.137. The molecule has 3 rings (SSSR count). The number of anilines is 1. The Labute approximate surface area is 183 Å². The van der Waals surface area contributed by atoms with Gasteiger partial charge in [0.05, 0.1) is 24.8 Å². The maximum absolute atomic E-state index is 13.4. The van der Waals surface area contributed by atoms with E-state index in [-0.39, 0.29) is 30.3 Å². The van der Waals surface area contributed by atoms with Gasteiger partial charge in [-0.2, -0.15) is 13.2 Å². The molecule has 172 valence electrons. The van der Waals surface area contributed by atoms with Crippen LogP contribution in [0.15, 0.2) is 47.6 Å². The Morgan fingerprint density at radius 2 is 1.78 bits per heavy atom. The lowest BCUT2D eigenvalue weighted by Gasteiger charge is -2.37. The van der Waals surface area contributed by atoms with Crippen molar-refractivity contribution >= 4 is 17.8 Å². The number of nitrogens with zero attached hydrogens (tertiary/aromatic N) is 3. The minimum Gasteiger partial charge on any atom is -0.493 e. The molecule has 0 spiro atoms. The average molecular weight is 453 g/mol. The van der Waals surface area contributed by atoms with Crippen LogP contribution >= 0.6 is 0 Å². The first-order valence-corrected chi connectivity index (χ1v) is 9.97. The van der Waals surface area contributed by atoms with Crippen molar-refractivity contribution in [2.24, 2.45) is 5.16 Å². The number of carbonyl (C=O) groups is 1. The molecule has 2 aromatic carbocycles. The molecule has 2 aromatic rings. The molecule has 1 aliphatic heterocycles. The quantitative estimate of drug-likeness (QED) is 0.362. The Hall–Kier alpha value is -3.30. The largest absolute Gasteiger partial charge is 0.493 e. The molecule has 0 radical (unpaired) electrons. The summed E-state index contributed by atoms with van der Waals surface area (Å²) in [5, 5.41) is 3.53. The maximum Gasteiger partial charge on any atom is 0.417 e. The molecular formula is C22H23F4N3O3. The zero-order chi connectivity index (χ0) is 23.1. The van der Waals surface area contributed by atoms with E-state index in [0.29, 0.717) is 37.6 Å². The number of piperazine rings is 1. The van der Waals surface area contributed by atoms with Gasteiger partial charge in [-0.05, 0) is 36.4 Å². The minimum absolute atomic E-state index is 0.0747. The van der Waals surface area contributed by atoms with Crippen molar-refractivity contribution in [3.8, 4) is 5.75 Å². The summed E-state index contributed by atoms with van der Waals surface area (Å²) in [6.45, 7) is 1.63. The summed E-state index contributed by atoms with van der Waals surface area (Å²) in [6.07, 6.45) is -3.33. The number of oxime groups is 1. The van der Waals surface area contributed by atoms with Crippen LogP contribution in [-0.2, 0) is 15.8 Å². The van der Waals surface area contributed by atoms with E-state index >= 15 is 0 Å². The van der Waals surface area contributed by atoms with Crippen molar-refractivity contribution in [2.75, 3.05) is 44.8 Å². The van der Waals surface area contributed by atoms with Crippen LogP contribution in [0, 0.1) is 5.82 Å². The van der Waals surface area contributed by atoms with Gasteiger partial charge in [-0.25, -0.2) is 4.39 Å². The van der Waals surface area contributed by atoms with Gasteiger partial charge in [0.25, 0.3) is 0 Å². The SMILES string of the molecule is CO/N=C\c1c(N2CCN(C(=O)CCOc3ccc(F)cc3)CC2)cccc1C(F)(F)F.